The Kier molecular flexibility index (Phi) is 6.24. The molecule has 2 nitrogen and oxygen atoms in total. The van der Waals surface area contributed by atoms with E-state index in [-0.39, 0.29) is 0 Å². The fourth-order valence-electron chi connectivity index (χ4n) is 3.51. The van der Waals surface area contributed by atoms with Gasteiger partial charge in [-0.05, 0) is 61.8 Å². The van der Waals surface area contributed by atoms with Crippen LogP contribution in [0.1, 0.15) is 0 Å². The molecule has 2 aromatic rings. The SMILES string of the molecule is C[Si](C)(C)Oc1ccc(O[Si](C)(C)C)c2c([Si](C)(C)C)ccc([Si](C)(C)C)c12. The van der Waals surface area contributed by atoms with Gasteiger partial charge in [0.05, 0.1) is 16.1 Å². The van der Waals surface area contributed by atoms with Crippen LogP contribution >= 0.6 is 0 Å². The molecule has 2 aromatic carbocycles. The molecule has 0 saturated heterocycles. The predicted molar refractivity (Wildman–Crippen MR) is 138 cm³/mol. The highest BCUT2D eigenvalue weighted by molar-refractivity contribution is 6.93. The quantitative estimate of drug-likeness (QED) is 0.479. The van der Waals surface area contributed by atoms with Gasteiger partial charge in [0.25, 0.3) is 0 Å². The molecule has 0 saturated carbocycles. The Morgan fingerprint density at radius 1 is 0.464 bits per heavy atom. The highest BCUT2D eigenvalue weighted by atomic mass is 28.4. The summed E-state index contributed by atoms with van der Waals surface area (Å²) >= 11 is 0. The summed E-state index contributed by atoms with van der Waals surface area (Å²) in [6, 6.07) is 9.15. The van der Waals surface area contributed by atoms with Crippen molar-refractivity contribution in [3.05, 3.63) is 24.3 Å². The van der Waals surface area contributed by atoms with Gasteiger partial charge in [0.2, 0.25) is 16.6 Å². The number of rotatable bonds is 6. The summed E-state index contributed by atoms with van der Waals surface area (Å²) in [7, 11) is -6.58. The Hall–Kier alpha value is -0.832. The molecular formula is C22H40O2Si4. The molecule has 0 aliphatic rings. The Bertz CT molecular complexity index is 791. The van der Waals surface area contributed by atoms with E-state index in [1.807, 2.05) is 0 Å². The first-order chi connectivity index (χ1) is 12.4. The molecular weight excluding hydrogens is 409 g/mol. The normalized spacial score (nSPS) is 13.7. The van der Waals surface area contributed by atoms with E-state index in [0.717, 1.165) is 11.5 Å². The lowest BCUT2D eigenvalue weighted by molar-refractivity contribution is 0.552. The Balaban J connectivity index is 3.03. The minimum atomic E-state index is -1.73. The van der Waals surface area contributed by atoms with Gasteiger partial charge in [-0.25, -0.2) is 0 Å². The second kappa shape index (κ2) is 7.45. The van der Waals surface area contributed by atoms with Crippen molar-refractivity contribution in [2.75, 3.05) is 0 Å². The first-order valence-corrected chi connectivity index (χ1v) is 24.2. The summed E-state index contributed by atoms with van der Waals surface area (Å²) in [5.74, 6) is 2.13. The van der Waals surface area contributed by atoms with Gasteiger partial charge in [-0.2, -0.15) is 0 Å². The zero-order valence-electron chi connectivity index (χ0n) is 20.1. The van der Waals surface area contributed by atoms with Gasteiger partial charge in [0.15, 0.2) is 0 Å². The highest BCUT2D eigenvalue weighted by Gasteiger charge is 2.30. The van der Waals surface area contributed by atoms with Crippen LogP contribution < -0.4 is 19.2 Å². The second-order valence-corrected chi connectivity index (χ2v) is 30.8. The molecule has 6 heteroatoms. The predicted octanol–water partition coefficient (Wildman–Crippen LogP) is 6.36. The molecule has 0 radical (unpaired) electrons. The molecule has 2 rings (SSSR count). The van der Waals surface area contributed by atoms with Crippen molar-refractivity contribution < 1.29 is 8.85 Å². The van der Waals surface area contributed by atoms with Crippen LogP contribution in [0.2, 0.25) is 78.6 Å². The van der Waals surface area contributed by atoms with E-state index in [9.17, 15) is 0 Å². The smallest absolute Gasteiger partial charge is 0.242 e. The second-order valence-electron chi connectivity index (χ2n) is 11.9. The fourth-order valence-corrected chi connectivity index (χ4v) is 8.34. The van der Waals surface area contributed by atoms with Crippen molar-refractivity contribution in [2.24, 2.45) is 0 Å². The monoisotopic (exact) mass is 448 g/mol. The standard InChI is InChI=1S/C22H40O2Si4/c1-25(2,3)19-15-16-20(26(4,5)6)22-18(24-28(10,11)12)14-13-17(21(19)22)23-27(7,8)9/h13-16H,1-12H3. The Morgan fingerprint density at radius 2 is 0.750 bits per heavy atom. The van der Waals surface area contributed by atoms with Crippen LogP contribution in [0.25, 0.3) is 10.8 Å². The van der Waals surface area contributed by atoms with E-state index in [2.05, 4.69) is 103 Å². The van der Waals surface area contributed by atoms with Crippen LogP contribution in [0.5, 0.6) is 11.5 Å². The molecule has 0 aromatic heterocycles. The lowest BCUT2D eigenvalue weighted by atomic mass is 10.1. The zero-order valence-corrected chi connectivity index (χ0v) is 24.1. The minimum absolute atomic E-state index is 1.06. The first kappa shape index (κ1) is 23.4. The molecule has 0 bridgehead atoms. The van der Waals surface area contributed by atoms with Crippen molar-refractivity contribution in [3.63, 3.8) is 0 Å². The molecule has 0 fully saturated rings. The number of fused-ring (bicyclic) bond motifs is 1. The third-order valence-corrected chi connectivity index (χ3v) is 10.3. The van der Waals surface area contributed by atoms with Crippen molar-refractivity contribution in [1.29, 1.82) is 0 Å². The Labute approximate surface area is 176 Å². The van der Waals surface area contributed by atoms with E-state index in [1.54, 1.807) is 0 Å². The molecule has 0 aliphatic carbocycles. The number of hydrogen-bond acceptors (Lipinski definition) is 2. The van der Waals surface area contributed by atoms with E-state index in [1.165, 1.54) is 21.1 Å². The van der Waals surface area contributed by atoms with Crippen molar-refractivity contribution in [2.45, 2.75) is 78.6 Å². The zero-order chi connectivity index (χ0) is 21.7. The summed E-state index contributed by atoms with van der Waals surface area (Å²) in [5, 5.41) is 5.63. The topological polar surface area (TPSA) is 18.5 Å². The lowest BCUT2D eigenvalue weighted by Crippen LogP contribution is -2.44. The molecule has 28 heavy (non-hydrogen) atoms. The highest BCUT2D eigenvalue weighted by Crippen LogP contribution is 2.36. The summed E-state index contributed by atoms with van der Waals surface area (Å²) in [5.41, 5.74) is 0. The maximum absolute atomic E-state index is 6.64. The van der Waals surface area contributed by atoms with Gasteiger partial charge >= 0.3 is 0 Å². The van der Waals surface area contributed by atoms with Crippen LogP contribution in [-0.4, -0.2) is 32.8 Å². The molecule has 0 spiro atoms. The van der Waals surface area contributed by atoms with Crippen molar-refractivity contribution in [1.82, 2.24) is 0 Å². The van der Waals surface area contributed by atoms with Crippen LogP contribution in [0.4, 0.5) is 0 Å². The molecule has 0 heterocycles. The number of benzene rings is 2. The molecule has 156 valence electrons. The maximum atomic E-state index is 6.64. The van der Waals surface area contributed by atoms with E-state index >= 15 is 0 Å². The van der Waals surface area contributed by atoms with Gasteiger partial charge in [-0.15, -0.1) is 0 Å². The molecule has 0 atom stereocenters. The van der Waals surface area contributed by atoms with Gasteiger partial charge < -0.3 is 8.85 Å². The fraction of sp³-hybridized carbons (Fsp3) is 0.545. The van der Waals surface area contributed by atoms with Gasteiger partial charge in [-0.3, -0.25) is 0 Å². The van der Waals surface area contributed by atoms with Crippen LogP contribution in [0.15, 0.2) is 24.3 Å². The summed E-state index contributed by atoms with van der Waals surface area (Å²) in [4.78, 5) is 0. The average Bonchev–Trinajstić information content (AvgIpc) is 2.43. The van der Waals surface area contributed by atoms with Gasteiger partial charge in [0.1, 0.15) is 11.5 Å². The first-order valence-electron chi connectivity index (χ1n) is 10.4. The molecule has 0 aliphatic heterocycles. The summed E-state index contributed by atoms with van der Waals surface area (Å²) in [6.45, 7) is 28.2. The van der Waals surface area contributed by atoms with Gasteiger partial charge in [-0.1, -0.05) is 51.4 Å². The molecule has 0 unspecified atom stereocenters. The molecule has 0 amide bonds. The maximum Gasteiger partial charge on any atom is 0.242 e. The van der Waals surface area contributed by atoms with Crippen LogP contribution in [0.3, 0.4) is 0 Å². The largest absolute Gasteiger partial charge is 0.544 e. The summed E-state index contributed by atoms with van der Waals surface area (Å²) < 4.78 is 13.3. The van der Waals surface area contributed by atoms with Crippen molar-refractivity contribution in [3.8, 4) is 11.5 Å². The van der Waals surface area contributed by atoms with Crippen LogP contribution in [0, 0.1) is 0 Å². The lowest BCUT2D eigenvalue weighted by Gasteiger charge is -2.31. The average molecular weight is 449 g/mol. The van der Waals surface area contributed by atoms with E-state index in [0.29, 0.717) is 0 Å². The summed E-state index contributed by atoms with van der Waals surface area (Å²) in [6.07, 6.45) is 0. The third kappa shape index (κ3) is 5.61. The minimum Gasteiger partial charge on any atom is -0.544 e. The van der Waals surface area contributed by atoms with Crippen LogP contribution in [-0.2, 0) is 0 Å². The molecule has 0 N–H and O–H groups in total. The van der Waals surface area contributed by atoms with Gasteiger partial charge in [0, 0.05) is 10.8 Å². The van der Waals surface area contributed by atoms with E-state index < -0.39 is 32.8 Å². The Morgan fingerprint density at radius 3 is 0.964 bits per heavy atom. The number of hydrogen-bond donors (Lipinski definition) is 0. The third-order valence-electron chi connectivity index (χ3n) is 4.53. The van der Waals surface area contributed by atoms with E-state index in [4.69, 9.17) is 8.85 Å². The van der Waals surface area contributed by atoms with Crippen molar-refractivity contribution >= 4 is 53.9 Å².